The molecule has 1 fully saturated rings. The largest absolute Gasteiger partial charge is 0.489 e. The molecule has 2 aromatic heterocycles. The van der Waals surface area contributed by atoms with Crippen molar-refractivity contribution >= 4 is 23.2 Å². The Labute approximate surface area is 211 Å². The molecule has 0 spiro atoms. The van der Waals surface area contributed by atoms with E-state index in [0.717, 1.165) is 13.3 Å². The van der Waals surface area contributed by atoms with E-state index in [-0.39, 0.29) is 35.7 Å². The average molecular weight is 524 g/mol. The fraction of sp³-hybridized carbons (Fsp3) is 0.542. The number of nitrogens with zero attached hydrogens (tertiary/aromatic N) is 5. The van der Waals surface area contributed by atoms with Crippen LogP contribution in [0.25, 0.3) is 0 Å². The molecule has 2 N–H and O–H groups in total. The molecule has 4 heterocycles. The third kappa shape index (κ3) is 5.67. The number of rotatable bonds is 8. The third-order valence-electron chi connectivity index (χ3n) is 6.47. The van der Waals surface area contributed by atoms with Gasteiger partial charge in [0.05, 0.1) is 30.5 Å². The number of carbonyl (C=O) groups is 2. The first-order chi connectivity index (χ1) is 17.5. The van der Waals surface area contributed by atoms with E-state index in [9.17, 15) is 27.9 Å². The lowest BCUT2D eigenvalue weighted by molar-refractivity contribution is -0.168. The molecular formula is C24H28F3N5O5. The number of aliphatic hydroxyl groups is 2. The molecule has 0 unspecified atom stereocenters. The molecule has 1 amide bonds. The molecule has 1 saturated heterocycles. The van der Waals surface area contributed by atoms with Crippen LogP contribution in [0.4, 0.5) is 24.7 Å². The number of piperidine rings is 1. The number of aliphatic hydroxyl groups excluding tert-OH is 2. The summed E-state index contributed by atoms with van der Waals surface area (Å²) in [5, 5.41) is 18.3. The van der Waals surface area contributed by atoms with Crippen LogP contribution in [0.2, 0.25) is 0 Å². The molecule has 0 saturated carbocycles. The van der Waals surface area contributed by atoms with E-state index in [1.165, 1.54) is 23.2 Å². The zero-order valence-corrected chi connectivity index (χ0v) is 20.4. The van der Waals surface area contributed by atoms with Gasteiger partial charge in [0.25, 0.3) is 5.91 Å². The Morgan fingerprint density at radius 1 is 1.27 bits per heavy atom. The van der Waals surface area contributed by atoms with Crippen molar-refractivity contribution in [3.8, 4) is 5.75 Å². The van der Waals surface area contributed by atoms with Crippen LogP contribution < -0.4 is 14.5 Å². The number of ether oxygens (including phenoxy) is 1. The molecule has 13 heteroatoms. The molecule has 2 aromatic rings. The molecular weight excluding hydrogens is 495 g/mol. The molecule has 2 aliphatic rings. The van der Waals surface area contributed by atoms with E-state index < -0.39 is 42.9 Å². The number of amides is 1. The van der Waals surface area contributed by atoms with Gasteiger partial charge in [0, 0.05) is 19.5 Å². The van der Waals surface area contributed by atoms with Crippen LogP contribution in [-0.2, 0) is 0 Å². The minimum absolute atomic E-state index is 0.0786. The highest BCUT2D eigenvalue weighted by atomic mass is 19.4. The highest BCUT2D eigenvalue weighted by Crippen LogP contribution is 2.40. The number of ketones is 1. The minimum Gasteiger partial charge on any atom is -0.489 e. The van der Waals surface area contributed by atoms with Gasteiger partial charge in [0.15, 0.2) is 11.6 Å². The summed E-state index contributed by atoms with van der Waals surface area (Å²) in [4.78, 5) is 42.5. The number of anilines is 2. The van der Waals surface area contributed by atoms with Crippen molar-refractivity contribution in [2.45, 2.75) is 51.4 Å². The van der Waals surface area contributed by atoms with Gasteiger partial charge >= 0.3 is 6.18 Å². The van der Waals surface area contributed by atoms with Gasteiger partial charge in [-0.25, -0.2) is 15.0 Å². The second-order valence-electron chi connectivity index (χ2n) is 9.32. The van der Waals surface area contributed by atoms with Gasteiger partial charge in [-0.3, -0.25) is 14.5 Å². The first-order valence-corrected chi connectivity index (χ1v) is 11.9. The monoisotopic (exact) mass is 523 g/mol. The second kappa shape index (κ2) is 10.6. The summed E-state index contributed by atoms with van der Waals surface area (Å²) in [5.41, 5.74) is 1.06. The fourth-order valence-corrected chi connectivity index (χ4v) is 4.46. The lowest BCUT2D eigenvalue weighted by Gasteiger charge is -2.46. The van der Waals surface area contributed by atoms with Gasteiger partial charge in [0.2, 0.25) is 5.78 Å². The van der Waals surface area contributed by atoms with Crippen molar-refractivity contribution in [1.82, 2.24) is 15.0 Å². The van der Waals surface area contributed by atoms with Crippen LogP contribution >= 0.6 is 0 Å². The van der Waals surface area contributed by atoms with Crippen molar-refractivity contribution in [3.05, 3.63) is 35.5 Å². The predicted molar refractivity (Wildman–Crippen MR) is 126 cm³/mol. The summed E-state index contributed by atoms with van der Waals surface area (Å²) < 4.78 is 44.4. The molecule has 2 bridgehead atoms. The van der Waals surface area contributed by atoms with Gasteiger partial charge in [-0.15, -0.1) is 0 Å². The summed E-state index contributed by atoms with van der Waals surface area (Å²) in [6.45, 7) is 3.20. The summed E-state index contributed by atoms with van der Waals surface area (Å²) in [6.07, 6.45) is -3.57. The maximum atomic E-state index is 13.6. The number of Topliss-reactive ketones (excluding diaryl/α,β-unsaturated/α-hetero) is 1. The molecule has 3 atom stereocenters. The zero-order chi connectivity index (χ0) is 26.9. The zero-order valence-electron chi connectivity index (χ0n) is 20.4. The van der Waals surface area contributed by atoms with Crippen LogP contribution in [0, 0.1) is 12.8 Å². The molecule has 0 radical (unpaired) electrons. The van der Waals surface area contributed by atoms with Gasteiger partial charge < -0.3 is 19.8 Å². The quantitative estimate of drug-likeness (QED) is 0.501. The van der Waals surface area contributed by atoms with E-state index in [1.807, 2.05) is 4.90 Å². The maximum absolute atomic E-state index is 13.6. The lowest BCUT2D eigenvalue weighted by Crippen LogP contribution is -2.55. The maximum Gasteiger partial charge on any atom is 0.391 e. The van der Waals surface area contributed by atoms with Gasteiger partial charge in [0.1, 0.15) is 29.8 Å². The second-order valence-corrected chi connectivity index (χ2v) is 9.32. The predicted octanol–water partition coefficient (Wildman–Crippen LogP) is 2.31. The normalized spacial score (nSPS) is 18.7. The molecule has 37 heavy (non-hydrogen) atoms. The number of fused-ring (bicyclic) bond motifs is 4. The molecule has 0 aromatic carbocycles. The van der Waals surface area contributed by atoms with Crippen molar-refractivity contribution in [2.75, 3.05) is 36.1 Å². The van der Waals surface area contributed by atoms with E-state index in [1.54, 1.807) is 6.92 Å². The number of alkyl halides is 3. The van der Waals surface area contributed by atoms with E-state index in [0.29, 0.717) is 30.9 Å². The van der Waals surface area contributed by atoms with Crippen molar-refractivity contribution in [1.29, 1.82) is 0 Å². The van der Waals surface area contributed by atoms with Crippen LogP contribution in [0.1, 0.15) is 53.0 Å². The van der Waals surface area contributed by atoms with Crippen LogP contribution in [0.3, 0.4) is 0 Å². The topological polar surface area (TPSA) is 129 Å². The number of aryl methyl sites for hydroxylation is 1. The molecule has 10 nitrogen and oxygen atoms in total. The first kappa shape index (κ1) is 26.7. The third-order valence-corrected chi connectivity index (χ3v) is 6.47. The van der Waals surface area contributed by atoms with Gasteiger partial charge in [-0.2, -0.15) is 13.2 Å². The highest BCUT2D eigenvalue weighted by molar-refractivity contribution is 6.07. The number of halogens is 3. The molecule has 0 aliphatic carbocycles. The summed E-state index contributed by atoms with van der Waals surface area (Å²) >= 11 is 0. The van der Waals surface area contributed by atoms with Gasteiger partial charge in [-0.05, 0) is 31.9 Å². The number of hydrogen-bond donors (Lipinski definition) is 2. The van der Waals surface area contributed by atoms with E-state index in [2.05, 4.69) is 15.0 Å². The Hall–Kier alpha value is -3.32. The number of pyridine rings is 1. The standard InChI is InChI=1S/C24H28F3N5O5/c1-13(24(25,26)27)8-19(35)21-29-14(2)20-22(30-21)32(15-4-3-7-31(20)10-15)23(36)18-6-5-17(9-28-18)37-12-16(34)11-33/h5-6,9,13,15-16,33-34H,3-4,7-8,10-12H2,1-2H3/t13-,15-,16-/m0/s1. The Balaban J connectivity index is 1.65. The lowest BCUT2D eigenvalue weighted by atomic mass is 9.98. The summed E-state index contributed by atoms with van der Waals surface area (Å²) in [6, 6.07) is 2.68. The Kier molecular flexibility index (Phi) is 7.64. The van der Waals surface area contributed by atoms with Crippen molar-refractivity contribution in [2.24, 2.45) is 5.92 Å². The van der Waals surface area contributed by atoms with Crippen LogP contribution in [0.5, 0.6) is 5.75 Å². The van der Waals surface area contributed by atoms with Crippen LogP contribution in [0.15, 0.2) is 18.3 Å². The Morgan fingerprint density at radius 2 is 2.03 bits per heavy atom. The minimum atomic E-state index is -4.53. The van der Waals surface area contributed by atoms with E-state index >= 15 is 0 Å². The number of hydrogen-bond acceptors (Lipinski definition) is 9. The average Bonchev–Trinajstić information content (AvgIpc) is 2.86. The Morgan fingerprint density at radius 3 is 2.68 bits per heavy atom. The summed E-state index contributed by atoms with van der Waals surface area (Å²) in [7, 11) is 0. The summed E-state index contributed by atoms with van der Waals surface area (Å²) in [5.74, 6) is -3.07. The van der Waals surface area contributed by atoms with Crippen LogP contribution in [-0.4, -0.2) is 81.5 Å². The van der Waals surface area contributed by atoms with Crippen molar-refractivity contribution < 1.29 is 37.7 Å². The van der Waals surface area contributed by atoms with Gasteiger partial charge in [-0.1, -0.05) is 6.92 Å². The highest BCUT2D eigenvalue weighted by Gasteiger charge is 2.42. The Bertz CT molecular complexity index is 1160. The smallest absolute Gasteiger partial charge is 0.391 e. The molecule has 200 valence electrons. The fourth-order valence-electron chi connectivity index (χ4n) is 4.46. The SMILES string of the molecule is Cc1nc(C(=O)C[C@H](C)C(F)(F)F)nc2c1N1CCC[C@@H](C1)N2C(=O)c1ccc(OC[C@@H](O)CO)cn1. The van der Waals surface area contributed by atoms with Crippen molar-refractivity contribution in [3.63, 3.8) is 0 Å². The molecule has 2 aliphatic heterocycles. The molecule has 4 rings (SSSR count). The first-order valence-electron chi connectivity index (χ1n) is 11.9. The number of aromatic nitrogens is 3. The van der Waals surface area contributed by atoms with E-state index in [4.69, 9.17) is 9.84 Å². The number of carbonyl (C=O) groups excluding carboxylic acids is 2.